The van der Waals surface area contributed by atoms with Gasteiger partial charge in [0.25, 0.3) is 0 Å². The zero-order chi connectivity index (χ0) is 13.8. The van der Waals surface area contributed by atoms with Gasteiger partial charge < -0.3 is 10.6 Å². The molecule has 0 aliphatic heterocycles. The first-order valence-corrected chi connectivity index (χ1v) is 5.93. The number of nitrogens with two attached hydrogens (primary N) is 1. The van der Waals surface area contributed by atoms with Gasteiger partial charge in [-0.2, -0.15) is 0 Å². The maximum atomic E-state index is 12.8. The van der Waals surface area contributed by atoms with Gasteiger partial charge in [0.05, 0.1) is 6.42 Å². The van der Waals surface area contributed by atoms with Crippen LogP contribution in [0.15, 0.2) is 48.5 Å². The molecule has 0 radical (unpaired) electrons. The molecule has 98 valence electrons. The summed E-state index contributed by atoms with van der Waals surface area (Å²) in [5.74, 6) is -0.362. The molecule has 0 fully saturated rings. The molecule has 2 rings (SSSR count). The molecule has 0 bridgehead atoms. The Morgan fingerprint density at radius 2 is 1.68 bits per heavy atom. The molecule has 0 saturated carbocycles. The molecule has 0 aliphatic rings. The van der Waals surface area contributed by atoms with Crippen LogP contribution in [0.2, 0.25) is 0 Å². The minimum atomic E-state index is -0.303. The van der Waals surface area contributed by atoms with E-state index in [0.717, 1.165) is 11.3 Å². The van der Waals surface area contributed by atoms with E-state index in [2.05, 4.69) is 0 Å². The van der Waals surface area contributed by atoms with E-state index < -0.39 is 0 Å². The third kappa shape index (κ3) is 3.31. The van der Waals surface area contributed by atoms with E-state index in [1.165, 1.54) is 12.1 Å². The largest absolute Gasteiger partial charge is 0.399 e. The minimum absolute atomic E-state index is 0.0589. The van der Waals surface area contributed by atoms with Crippen LogP contribution in [-0.4, -0.2) is 13.0 Å². The molecule has 19 heavy (non-hydrogen) atoms. The maximum absolute atomic E-state index is 12.8. The maximum Gasteiger partial charge on any atom is 0.231 e. The number of hydrogen-bond acceptors (Lipinski definition) is 2. The number of halogens is 1. The van der Waals surface area contributed by atoms with E-state index in [1.807, 2.05) is 0 Å². The number of nitrogen functional groups attached to an aromatic ring is 1. The number of nitrogens with zero attached hydrogens (tertiary/aromatic N) is 1. The van der Waals surface area contributed by atoms with Crippen LogP contribution in [0.3, 0.4) is 0 Å². The SMILES string of the molecule is CN(C(=O)Cc1ccc(F)cc1)c1ccc(N)cc1. The van der Waals surface area contributed by atoms with Gasteiger partial charge in [0.2, 0.25) is 5.91 Å². The first-order valence-electron chi connectivity index (χ1n) is 5.93. The highest BCUT2D eigenvalue weighted by atomic mass is 19.1. The average molecular weight is 258 g/mol. The Labute approximate surface area is 111 Å². The highest BCUT2D eigenvalue weighted by Crippen LogP contribution is 2.16. The van der Waals surface area contributed by atoms with Gasteiger partial charge in [-0.1, -0.05) is 12.1 Å². The van der Waals surface area contributed by atoms with Crippen molar-refractivity contribution in [3.63, 3.8) is 0 Å². The Morgan fingerprint density at radius 1 is 1.11 bits per heavy atom. The fraction of sp³-hybridized carbons (Fsp3) is 0.133. The van der Waals surface area contributed by atoms with Crippen molar-refractivity contribution in [1.29, 1.82) is 0 Å². The van der Waals surface area contributed by atoms with Crippen LogP contribution in [0.1, 0.15) is 5.56 Å². The summed E-state index contributed by atoms with van der Waals surface area (Å²) in [6, 6.07) is 13.0. The lowest BCUT2D eigenvalue weighted by Crippen LogP contribution is -2.27. The monoisotopic (exact) mass is 258 g/mol. The molecule has 2 aromatic rings. The lowest BCUT2D eigenvalue weighted by atomic mass is 10.1. The van der Waals surface area contributed by atoms with Crippen molar-refractivity contribution in [3.05, 3.63) is 59.9 Å². The van der Waals surface area contributed by atoms with Crippen LogP contribution < -0.4 is 10.6 Å². The molecule has 0 unspecified atom stereocenters. The topological polar surface area (TPSA) is 46.3 Å². The summed E-state index contributed by atoms with van der Waals surface area (Å²) < 4.78 is 12.8. The first-order chi connectivity index (χ1) is 9.06. The van der Waals surface area contributed by atoms with E-state index in [-0.39, 0.29) is 18.1 Å². The second kappa shape index (κ2) is 5.52. The molecule has 1 amide bonds. The van der Waals surface area contributed by atoms with E-state index in [0.29, 0.717) is 5.69 Å². The molecule has 0 saturated heterocycles. The summed E-state index contributed by atoms with van der Waals surface area (Å²) in [4.78, 5) is 13.6. The second-order valence-corrected chi connectivity index (χ2v) is 4.35. The lowest BCUT2D eigenvalue weighted by Gasteiger charge is -2.17. The van der Waals surface area contributed by atoms with Crippen LogP contribution in [0.5, 0.6) is 0 Å². The zero-order valence-electron chi connectivity index (χ0n) is 10.6. The van der Waals surface area contributed by atoms with Crippen molar-refractivity contribution in [2.45, 2.75) is 6.42 Å². The summed E-state index contributed by atoms with van der Waals surface area (Å²) in [6.45, 7) is 0. The molecule has 0 heterocycles. The Hall–Kier alpha value is -2.36. The fourth-order valence-electron chi connectivity index (χ4n) is 1.74. The molecule has 4 heteroatoms. The predicted octanol–water partition coefficient (Wildman–Crippen LogP) is 2.61. The number of carbonyl (C=O) groups excluding carboxylic acids is 1. The van der Waals surface area contributed by atoms with Crippen LogP contribution in [0, 0.1) is 5.82 Å². The third-order valence-corrected chi connectivity index (χ3v) is 2.92. The van der Waals surface area contributed by atoms with Crippen molar-refractivity contribution in [2.75, 3.05) is 17.7 Å². The van der Waals surface area contributed by atoms with Crippen LogP contribution in [0.4, 0.5) is 15.8 Å². The molecule has 0 aliphatic carbocycles. The quantitative estimate of drug-likeness (QED) is 0.860. The Kier molecular flexibility index (Phi) is 3.80. The number of carbonyl (C=O) groups is 1. The van der Waals surface area contributed by atoms with E-state index in [1.54, 1.807) is 48.3 Å². The second-order valence-electron chi connectivity index (χ2n) is 4.35. The molecule has 0 atom stereocenters. The molecule has 2 aromatic carbocycles. The van der Waals surface area contributed by atoms with Gasteiger partial charge in [0.15, 0.2) is 0 Å². The summed E-state index contributed by atoms with van der Waals surface area (Å²) >= 11 is 0. The van der Waals surface area contributed by atoms with Crippen molar-refractivity contribution >= 4 is 17.3 Å². The highest BCUT2D eigenvalue weighted by molar-refractivity contribution is 5.94. The fourth-order valence-corrected chi connectivity index (χ4v) is 1.74. The lowest BCUT2D eigenvalue weighted by molar-refractivity contribution is -0.117. The number of likely N-dealkylation sites (N-methyl/N-ethyl adjacent to an activating group) is 1. The van der Waals surface area contributed by atoms with Crippen LogP contribution in [-0.2, 0) is 11.2 Å². The van der Waals surface area contributed by atoms with Crippen molar-refractivity contribution in [1.82, 2.24) is 0 Å². The van der Waals surface area contributed by atoms with Gasteiger partial charge in [0, 0.05) is 18.4 Å². The molecule has 0 aromatic heterocycles. The van der Waals surface area contributed by atoms with E-state index in [9.17, 15) is 9.18 Å². The number of amides is 1. The van der Waals surface area contributed by atoms with Crippen LogP contribution >= 0.6 is 0 Å². The van der Waals surface area contributed by atoms with Crippen molar-refractivity contribution < 1.29 is 9.18 Å². The molecular weight excluding hydrogens is 243 g/mol. The summed E-state index contributed by atoms with van der Waals surface area (Å²) in [6.07, 6.45) is 0.237. The van der Waals surface area contributed by atoms with Gasteiger partial charge in [-0.05, 0) is 42.0 Å². The van der Waals surface area contributed by atoms with Crippen molar-refractivity contribution in [3.8, 4) is 0 Å². The predicted molar refractivity (Wildman–Crippen MR) is 74.4 cm³/mol. The van der Waals surface area contributed by atoms with Gasteiger partial charge in [-0.25, -0.2) is 4.39 Å². The molecule has 3 nitrogen and oxygen atoms in total. The number of hydrogen-bond donors (Lipinski definition) is 1. The molecule has 2 N–H and O–H groups in total. The molecule has 0 spiro atoms. The van der Waals surface area contributed by atoms with Gasteiger partial charge >= 0.3 is 0 Å². The van der Waals surface area contributed by atoms with Crippen molar-refractivity contribution in [2.24, 2.45) is 0 Å². The Morgan fingerprint density at radius 3 is 2.26 bits per heavy atom. The van der Waals surface area contributed by atoms with Crippen LogP contribution in [0.25, 0.3) is 0 Å². The number of rotatable bonds is 3. The zero-order valence-corrected chi connectivity index (χ0v) is 10.6. The average Bonchev–Trinajstić information content (AvgIpc) is 2.41. The minimum Gasteiger partial charge on any atom is -0.399 e. The van der Waals surface area contributed by atoms with Gasteiger partial charge in [-0.3, -0.25) is 4.79 Å². The van der Waals surface area contributed by atoms with Gasteiger partial charge in [0.1, 0.15) is 5.82 Å². The summed E-state index contributed by atoms with van der Waals surface area (Å²) in [5, 5.41) is 0. The number of anilines is 2. The molecular formula is C15H15FN2O. The third-order valence-electron chi connectivity index (χ3n) is 2.92. The highest BCUT2D eigenvalue weighted by Gasteiger charge is 2.11. The van der Waals surface area contributed by atoms with E-state index in [4.69, 9.17) is 5.73 Å². The standard InChI is InChI=1S/C15H15FN2O/c1-18(14-8-6-13(17)7-9-14)15(19)10-11-2-4-12(16)5-3-11/h2-9H,10,17H2,1H3. The summed E-state index contributed by atoms with van der Waals surface area (Å²) in [7, 11) is 1.71. The normalized spacial score (nSPS) is 10.2. The van der Waals surface area contributed by atoms with E-state index >= 15 is 0 Å². The first kappa shape index (κ1) is 13.1. The Balaban J connectivity index is 2.07. The van der Waals surface area contributed by atoms with Gasteiger partial charge in [-0.15, -0.1) is 0 Å². The smallest absolute Gasteiger partial charge is 0.231 e. The summed E-state index contributed by atoms with van der Waals surface area (Å²) in [5.41, 5.74) is 7.82. The number of benzene rings is 2. The Bertz CT molecular complexity index is 564.